The lowest BCUT2D eigenvalue weighted by atomic mass is 10.1. The Bertz CT molecular complexity index is 1080. The summed E-state index contributed by atoms with van der Waals surface area (Å²) in [5.41, 5.74) is 2.44. The molecule has 1 saturated heterocycles. The van der Waals surface area contributed by atoms with Crippen LogP contribution < -0.4 is 9.64 Å². The number of pyridine rings is 1. The third-order valence-electron chi connectivity index (χ3n) is 5.27. The van der Waals surface area contributed by atoms with Gasteiger partial charge in [0.25, 0.3) is 5.91 Å². The van der Waals surface area contributed by atoms with Gasteiger partial charge in [0.2, 0.25) is 0 Å². The molecule has 5 nitrogen and oxygen atoms in total. The molecule has 0 radical (unpaired) electrons. The van der Waals surface area contributed by atoms with E-state index in [2.05, 4.69) is 24.0 Å². The molecule has 1 amide bonds. The number of piperazine rings is 1. The smallest absolute Gasteiger partial charge is 0.255 e. The van der Waals surface area contributed by atoms with Crippen LogP contribution in [0.1, 0.15) is 15.9 Å². The van der Waals surface area contributed by atoms with Gasteiger partial charge >= 0.3 is 0 Å². The van der Waals surface area contributed by atoms with Gasteiger partial charge in [-0.3, -0.25) is 4.79 Å². The summed E-state index contributed by atoms with van der Waals surface area (Å²) in [6, 6.07) is 13.0. The summed E-state index contributed by atoms with van der Waals surface area (Å²) >= 11 is 12.2. The number of rotatable bonds is 3. The molecule has 29 heavy (non-hydrogen) atoms. The van der Waals surface area contributed by atoms with Crippen LogP contribution >= 0.6 is 23.2 Å². The number of benzene rings is 2. The molecule has 1 aromatic heterocycles. The van der Waals surface area contributed by atoms with Crippen LogP contribution in [0.4, 0.5) is 5.82 Å². The van der Waals surface area contributed by atoms with Crippen LogP contribution in [0.15, 0.2) is 42.5 Å². The first kappa shape index (κ1) is 19.8. The van der Waals surface area contributed by atoms with Crippen molar-refractivity contribution >= 4 is 45.8 Å². The number of amides is 1. The number of carbonyl (C=O) groups excluding carboxylic acids is 1. The van der Waals surface area contributed by atoms with Gasteiger partial charge in [0.1, 0.15) is 17.1 Å². The van der Waals surface area contributed by atoms with Gasteiger partial charge in [-0.15, -0.1) is 0 Å². The van der Waals surface area contributed by atoms with Gasteiger partial charge in [0.15, 0.2) is 0 Å². The molecule has 0 spiro atoms. The quantitative estimate of drug-likeness (QED) is 0.598. The molecule has 4 rings (SSSR count). The van der Waals surface area contributed by atoms with Crippen molar-refractivity contribution in [3.8, 4) is 5.75 Å². The largest absolute Gasteiger partial charge is 0.494 e. The fraction of sp³-hybridized carbons (Fsp3) is 0.273. The zero-order valence-electron chi connectivity index (χ0n) is 16.3. The van der Waals surface area contributed by atoms with E-state index in [9.17, 15) is 4.79 Å². The Kier molecular flexibility index (Phi) is 5.52. The molecule has 1 aliphatic rings. The molecule has 7 heteroatoms. The van der Waals surface area contributed by atoms with Crippen LogP contribution in [-0.4, -0.2) is 49.1 Å². The maximum absolute atomic E-state index is 12.9. The molecule has 3 aromatic rings. The highest BCUT2D eigenvalue weighted by Crippen LogP contribution is 2.30. The lowest BCUT2D eigenvalue weighted by molar-refractivity contribution is 0.0746. The van der Waals surface area contributed by atoms with Crippen molar-refractivity contribution in [1.29, 1.82) is 0 Å². The minimum absolute atomic E-state index is 0.0959. The van der Waals surface area contributed by atoms with Gasteiger partial charge in [0.05, 0.1) is 17.7 Å². The lowest BCUT2D eigenvalue weighted by Crippen LogP contribution is -2.49. The topological polar surface area (TPSA) is 45.7 Å². The Labute approximate surface area is 179 Å². The Balaban J connectivity index is 1.54. The van der Waals surface area contributed by atoms with Gasteiger partial charge in [-0.2, -0.15) is 0 Å². The third-order valence-corrected chi connectivity index (χ3v) is 5.83. The predicted molar refractivity (Wildman–Crippen MR) is 118 cm³/mol. The second-order valence-corrected chi connectivity index (χ2v) is 7.90. The molecule has 150 valence electrons. The maximum Gasteiger partial charge on any atom is 0.255 e. The molecule has 2 aromatic carbocycles. The maximum atomic E-state index is 12.9. The van der Waals surface area contributed by atoms with Gasteiger partial charge in [-0.05, 0) is 42.8 Å². The summed E-state index contributed by atoms with van der Waals surface area (Å²) in [5.74, 6) is 1.56. The van der Waals surface area contributed by atoms with Crippen LogP contribution in [0.25, 0.3) is 10.9 Å². The van der Waals surface area contributed by atoms with Gasteiger partial charge < -0.3 is 14.5 Å². The van der Waals surface area contributed by atoms with Gasteiger partial charge in [0, 0.05) is 36.6 Å². The van der Waals surface area contributed by atoms with E-state index in [4.69, 9.17) is 32.9 Å². The van der Waals surface area contributed by atoms with Crippen LogP contribution in [0, 0.1) is 6.92 Å². The second-order valence-electron chi connectivity index (χ2n) is 7.06. The van der Waals surface area contributed by atoms with E-state index in [1.807, 2.05) is 17.0 Å². The van der Waals surface area contributed by atoms with E-state index in [-0.39, 0.29) is 5.91 Å². The number of halogens is 2. The van der Waals surface area contributed by atoms with Crippen LogP contribution in [0.3, 0.4) is 0 Å². The number of methoxy groups -OCH3 is 1. The van der Waals surface area contributed by atoms with E-state index < -0.39 is 0 Å². The highest BCUT2D eigenvalue weighted by molar-refractivity contribution is 6.35. The number of anilines is 1. The first-order valence-electron chi connectivity index (χ1n) is 9.41. The molecule has 0 N–H and O–H groups in total. The van der Waals surface area contributed by atoms with Crippen molar-refractivity contribution in [3.05, 3.63) is 63.6 Å². The molecular weight excluding hydrogens is 409 g/mol. The molecule has 0 bridgehead atoms. The first-order chi connectivity index (χ1) is 14.0. The zero-order valence-corrected chi connectivity index (χ0v) is 17.8. The summed E-state index contributed by atoms with van der Waals surface area (Å²) in [7, 11) is 1.66. The highest BCUT2D eigenvalue weighted by atomic mass is 35.5. The van der Waals surface area contributed by atoms with Crippen molar-refractivity contribution < 1.29 is 9.53 Å². The minimum Gasteiger partial charge on any atom is -0.494 e. The number of ether oxygens (including phenoxy) is 1. The van der Waals surface area contributed by atoms with Gasteiger partial charge in [-0.25, -0.2) is 4.98 Å². The number of aryl methyl sites for hydroxylation is 1. The average Bonchev–Trinajstić information content (AvgIpc) is 2.74. The van der Waals surface area contributed by atoms with Crippen LogP contribution in [0.2, 0.25) is 10.0 Å². The molecule has 2 heterocycles. The number of carbonyl (C=O) groups is 1. The fourth-order valence-corrected chi connectivity index (χ4v) is 4.04. The summed E-state index contributed by atoms with van der Waals surface area (Å²) in [6.07, 6.45) is 0. The van der Waals surface area contributed by atoms with Crippen LogP contribution in [0.5, 0.6) is 5.75 Å². The summed E-state index contributed by atoms with van der Waals surface area (Å²) < 4.78 is 5.49. The molecule has 0 aliphatic carbocycles. The average molecular weight is 430 g/mol. The number of para-hydroxylation sites is 1. The molecular formula is C22H21Cl2N3O2. The molecule has 1 fully saturated rings. The number of aromatic nitrogens is 1. The van der Waals surface area contributed by atoms with E-state index in [0.29, 0.717) is 41.8 Å². The zero-order chi connectivity index (χ0) is 20.5. The normalized spacial score (nSPS) is 14.3. The second kappa shape index (κ2) is 8.09. The van der Waals surface area contributed by atoms with E-state index >= 15 is 0 Å². The molecule has 0 saturated carbocycles. The monoisotopic (exact) mass is 429 g/mol. The fourth-order valence-electron chi connectivity index (χ4n) is 3.67. The number of hydrogen-bond donors (Lipinski definition) is 0. The SMILES string of the molecule is COc1cccc2c(C)cc(N3CCN(C(=O)c4cc(Cl)ccc4Cl)CC3)nc12. The standard InChI is InChI=1S/C22H21Cl2N3O2/c1-14-12-20(25-21-16(14)4-3-5-19(21)29-2)26-8-10-27(11-9-26)22(28)17-13-15(23)6-7-18(17)24/h3-7,12-13H,8-11H2,1-2H3. The Morgan fingerprint density at radius 2 is 1.83 bits per heavy atom. The number of fused-ring (bicyclic) bond motifs is 1. The first-order valence-corrected chi connectivity index (χ1v) is 10.2. The van der Waals surface area contributed by atoms with Crippen molar-refractivity contribution in [1.82, 2.24) is 9.88 Å². The van der Waals surface area contributed by atoms with Crippen LogP contribution in [-0.2, 0) is 0 Å². The van der Waals surface area contributed by atoms with Gasteiger partial charge in [-0.1, -0.05) is 35.3 Å². The van der Waals surface area contributed by atoms with Crippen molar-refractivity contribution in [2.24, 2.45) is 0 Å². The summed E-state index contributed by atoms with van der Waals surface area (Å²) in [4.78, 5) is 21.7. The van der Waals surface area contributed by atoms with Crippen molar-refractivity contribution in [2.75, 3.05) is 38.2 Å². The Morgan fingerprint density at radius 3 is 2.55 bits per heavy atom. The molecule has 1 aliphatic heterocycles. The Hall–Kier alpha value is -2.50. The third kappa shape index (κ3) is 3.85. The van der Waals surface area contributed by atoms with Crippen molar-refractivity contribution in [2.45, 2.75) is 6.92 Å². The van der Waals surface area contributed by atoms with E-state index in [0.717, 1.165) is 28.0 Å². The molecule has 0 atom stereocenters. The Morgan fingerprint density at radius 1 is 1.07 bits per heavy atom. The highest BCUT2D eigenvalue weighted by Gasteiger charge is 2.25. The van der Waals surface area contributed by atoms with E-state index in [1.54, 1.807) is 25.3 Å². The predicted octanol–water partition coefficient (Wildman–Crippen LogP) is 4.82. The number of hydrogen-bond acceptors (Lipinski definition) is 4. The number of nitrogens with zero attached hydrogens (tertiary/aromatic N) is 3. The van der Waals surface area contributed by atoms with E-state index in [1.165, 1.54) is 0 Å². The minimum atomic E-state index is -0.0959. The summed E-state index contributed by atoms with van der Waals surface area (Å²) in [5, 5.41) is 2.00. The lowest BCUT2D eigenvalue weighted by Gasteiger charge is -2.36. The molecule has 0 unspecified atom stereocenters. The summed E-state index contributed by atoms with van der Waals surface area (Å²) in [6.45, 7) is 4.64. The van der Waals surface area contributed by atoms with Crippen molar-refractivity contribution in [3.63, 3.8) is 0 Å².